The number of anilines is 1. The Kier molecular flexibility index (Phi) is 6.95. The number of pyridine rings is 1. The van der Waals surface area contributed by atoms with E-state index in [9.17, 15) is 4.79 Å². The zero-order valence-electron chi connectivity index (χ0n) is 17.5. The number of aliphatic carboxylic acids is 1. The van der Waals surface area contributed by atoms with E-state index in [0.717, 1.165) is 44.6 Å². The zero-order valence-corrected chi connectivity index (χ0v) is 18.3. The maximum atomic E-state index is 10.8. The number of hydrogen-bond acceptors (Lipinski definition) is 6. The molecule has 0 radical (unpaired) electrons. The van der Waals surface area contributed by atoms with Crippen molar-refractivity contribution in [1.82, 2.24) is 4.98 Å². The fourth-order valence-electron chi connectivity index (χ4n) is 3.19. The number of hydrazone groups is 1. The molecular formula is C23H25N3O3S. The number of nitrogens with zero attached hydrogens (tertiary/aromatic N) is 2. The maximum absolute atomic E-state index is 10.8. The van der Waals surface area contributed by atoms with Gasteiger partial charge in [-0.1, -0.05) is 18.2 Å². The van der Waals surface area contributed by atoms with Crippen LogP contribution in [0.3, 0.4) is 0 Å². The van der Waals surface area contributed by atoms with Gasteiger partial charge in [0.2, 0.25) is 0 Å². The Labute approximate surface area is 180 Å². The van der Waals surface area contributed by atoms with Gasteiger partial charge < -0.3 is 9.84 Å². The van der Waals surface area contributed by atoms with E-state index in [1.54, 1.807) is 7.11 Å². The highest BCUT2D eigenvalue weighted by atomic mass is 32.2. The van der Waals surface area contributed by atoms with Crippen LogP contribution in [0.1, 0.15) is 29.2 Å². The minimum Gasteiger partial charge on any atom is -0.496 e. The highest BCUT2D eigenvalue weighted by molar-refractivity contribution is 7.99. The molecule has 0 spiro atoms. The Morgan fingerprint density at radius 3 is 2.73 bits per heavy atom. The van der Waals surface area contributed by atoms with Crippen molar-refractivity contribution in [2.75, 3.05) is 18.3 Å². The number of hydrogen-bond donors (Lipinski definition) is 2. The summed E-state index contributed by atoms with van der Waals surface area (Å²) in [5, 5.41) is 14.5. The van der Waals surface area contributed by atoms with Crippen molar-refractivity contribution < 1.29 is 14.6 Å². The van der Waals surface area contributed by atoms with Crippen LogP contribution in [0.2, 0.25) is 0 Å². The van der Waals surface area contributed by atoms with Gasteiger partial charge in [-0.2, -0.15) is 5.10 Å². The molecule has 6 nitrogen and oxygen atoms in total. The van der Waals surface area contributed by atoms with Crippen LogP contribution in [0.5, 0.6) is 5.75 Å². The number of ether oxygens (including phenoxy) is 1. The van der Waals surface area contributed by atoms with Gasteiger partial charge in [-0.05, 0) is 61.7 Å². The van der Waals surface area contributed by atoms with Gasteiger partial charge in [-0.3, -0.25) is 10.2 Å². The monoisotopic (exact) mass is 423 g/mol. The summed E-state index contributed by atoms with van der Waals surface area (Å²) in [4.78, 5) is 15.5. The van der Waals surface area contributed by atoms with Crippen molar-refractivity contribution in [1.29, 1.82) is 0 Å². The molecule has 1 heterocycles. The lowest BCUT2D eigenvalue weighted by atomic mass is 10.1. The average molecular weight is 424 g/mol. The van der Waals surface area contributed by atoms with Crippen LogP contribution in [0.15, 0.2) is 47.6 Å². The molecule has 0 unspecified atom stereocenters. The molecule has 1 aromatic heterocycles. The maximum Gasteiger partial charge on any atom is 0.313 e. The predicted molar refractivity (Wildman–Crippen MR) is 124 cm³/mol. The Morgan fingerprint density at radius 2 is 2.00 bits per heavy atom. The molecule has 30 heavy (non-hydrogen) atoms. The first kappa shape index (κ1) is 21.6. The van der Waals surface area contributed by atoms with E-state index in [4.69, 9.17) is 14.8 Å². The lowest BCUT2D eigenvalue weighted by Gasteiger charge is -2.11. The molecule has 0 fully saturated rings. The van der Waals surface area contributed by atoms with Gasteiger partial charge >= 0.3 is 5.97 Å². The number of fused-ring (bicyclic) bond motifs is 1. The van der Waals surface area contributed by atoms with Crippen molar-refractivity contribution in [3.8, 4) is 5.75 Å². The molecule has 2 aromatic carbocycles. The topological polar surface area (TPSA) is 83.8 Å². The first-order chi connectivity index (χ1) is 14.4. The van der Waals surface area contributed by atoms with Gasteiger partial charge in [0.15, 0.2) is 0 Å². The number of nitrogens with one attached hydrogen (secondary N) is 1. The summed E-state index contributed by atoms with van der Waals surface area (Å²) in [5.74, 6) is 1.20. The molecule has 3 aromatic rings. The van der Waals surface area contributed by atoms with Crippen LogP contribution in [-0.2, 0) is 10.5 Å². The molecule has 2 N–H and O–H groups in total. The number of thioether (sulfide) groups is 1. The summed E-state index contributed by atoms with van der Waals surface area (Å²) in [7, 11) is 1.61. The van der Waals surface area contributed by atoms with Crippen molar-refractivity contribution in [2.45, 2.75) is 26.5 Å². The second kappa shape index (κ2) is 9.63. The largest absolute Gasteiger partial charge is 0.496 e. The highest BCUT2D eigenvalue weighted by Gasteiger charge is 2.09. The summed E-state index contributed by atoms with van der Waals surface area (Å²) >= 11 is 1.33. The fraction of sp³-hybridized carbons (Fsp3) is 0.261. The number of carboxylic acid groups (broad SMARTS) is 1. The van der Waals surface area contributed by atoms with E-state index in [-0.39, 0.29) is 5.75 Å². The van der Waals surface area contributed by atoms with Gasteiger partial charge in [0, 0.05) is 16.7 Å². The van der Waals surface area contributed by atoms with Gasteiger partial charge in [0.1, 0.15) is 11.6 Å². The number of methoxy groups -OCH3 is 1. The van der Waals surface area contributed by atoms with E-state index >= 15 is 0 Å². The number of aromatic nitrogens is 1. The van der Waals surface area contributed by atoms with Gasteiger partial charge in [-0.25, -0.2) is 4.98 Å². The van der Waals surface area contributed by atoms with Crippen molar-refractivity contribution in [2.24, 2.45) is 5.10 Å². The molecule has 0 amide bonds. The van der Waals surface area contributed by atoms with Crippen molar-refractivity contribution in [3.05, 3.63) is 64.7 Å². The molecule has 7 heteroatoms. The summed E-state index contributed by atoms with van der Waals surface area (Å²) in [6.45, 7) is 6.03. The average Bonchev–Trinajstić information content (AvgIpc) is 2.72. The number of aryl methyl sites for hydroxylation is 2. The third kappa shape index (κ3) is 5.10. The smallest absolute Gasteiger partial charge is 0.313 e. The Balaban J connectivity index is 1.82. The predicted octanol–water partition coefficient (Wildman–Crippen LogP) is 5.01. The number of carbonyl (C=O) groups is 1. The van der Waals surface area contributed by atoms with Gasteiger partial charge in [0.05, 0.1) is 24.1 Å². The number of carboxylic acids is 1. The highest BCUT2D eigenvalue weighted by Crippen LogP contribution is 2.26. The van der Waals surface area contributed by atoms with Crippen LogP contribution < -0.4 is 10.2 Å². The second-order valence-corrected chi connectivity index (χ2v) is 8.00. The van der Waals surface area contributed by atoms with Crippen LogP contribution in [0.4, 0.5) is 5.82 Å². The third-order valence-corrected chi connectivity index (χ3v) is 5.73. The van der Waals surface area contributed by atoms with Crippen molar-refractivity contribution >= 4 is 40.2 Å². The Hall–Kier alpha value is -3.06. The zero-order chi connectivity index (χ0) is 21.7. The van der Waals surface area contributed by atoms with Crippen molar-refractivity contribution in [3.63, 3.8) is 0 Å². The molecule has 0 saturated carbocycles. The van der Waals surface area contributed by atoms with E-state index in [2.05, 4.69) is 23.5 Å². The minimum absolute atomic E-state index is 0.0500. The molecule has 0 saturated heterocycles. The SMILES string of the molecule is COc1ccc(/C(C)=N\Nc2cc(C)c3cccc(C)c3n2)cc1CSCC(=O)O. The molecule has 0 aliphatic carbocycles. The molecule has 0 bridgehead atoms. The molecule has 0 aliphatic heterocycles. The van der Waals surface area contributed by atoms with Crippen LogP contribution in [0.25, 0.3) is 10.9 Å². The number of rotatable bonds is 8. The lowest BCUT2D eigenvalue weighted by Crippen LogP contribution is -2.04. The summed E-state index contributed by atoms with van der Waals surface area (Å²) in [6.07, 6.45) is 0. The lowest BCUT2D eigenvalue weighted by molar-refractivity contribution is -0.133. The molecule has 0 atom stereocenters. The summed E-state index contributed by atoms with van der Waals surface area (Å²) in [6, 6.07) is 14.0. The molecule has 156 valence electrons. The van der Waals surface area contributed by atoms with Gasteiger partial charge in [0.25, 0.3) is 0 Å². The summed E-state index contributed by atoms with van der Waals surface area (Å²) < 4.78 is 5.41. The van der Waals surface area contributed by atoms with Crippen LogP contribution >= 0.6 is 11.8 Å². The Bertz CT molecular complexity index is 1110. The normalized spacial score (nSPS) is 11.5. The van der Waals surface area contributed by atoms with Gasteiger partial charge in [-0.15, -0.1) is 11.8 Å². The molecule has 0 aliphatic rings. The van der Waals surface area contributed by atoms with Crippen LogP contribution in [0, 0.1) is 13.8 Å². The van der Waals surface area contributed by atoms with E-state index in [1.165, 1.54) is 11.8 Å². The quantitative estimate of drug-likeness (QED) is 0.391. The fourth-order valence-corrected chi connectivity index (χ4v) is 3.91. The molecular weight excluding hydrogens is 398 g/mol. The third-order valence-electron chi connectivity index (χ3n) is 4.77. The second-order valence-electron chi connectivity index (χ2n) is 7.02. The van der Waals surface area contributed by atoms with E-state index in [1.807, 2.05) is 50.2 Å². The van der Waals surface area contributed by atoms with E-state index < -0.39 is 5.97 Å². The first-order valence-corrected chi connectivity index (χ1v) is 10.7. The standard InChI is InChI=1S/C23H25N3O3S/c1-14-6-5-7-19-15(2)10-21(24-23(14)19)26-25-16(3)17-8-9-20(29-4)18(11-17)12-30-13-22(27)28/h5-11H,12-13H2,1-4H3,(H,24,26)(H,27,28)/b25-16-. The molecule has 3 rings (SSSR count). The van der Waals surface area contributed by atoms with E-state index in [0.29, 0.717) is 11.6 Å². The first-order valence-electron chi connectivity index (χ1n) is 9.53. The Morgan fingerprint density at radius 1 is 1.20 bits per heavy atom. The minimum atomic E-state index is -0.828. The number of para-hydroxylation sites is 1. The summed E-state index contributed by atoms with van der Waals surface area (Å²) in [5.41, 5.74) is 8.97. The number of benzene rings is 2. The van der Waals surface area contributed by atoms with Crippen LogP contribution in [-0.4, -0.2) is 34.6 Å².